The summed E-state index contributed by atoms with van der Waals surface area (Å²) in [5.74, 6) is -0.701. The maximum absolute atomic E-state index is 11.0. The van der Waals surface area contributed by atoms with Crippen molar-refractivity contribution >= 4 is 12.2 Å². The maximum atomic E-state index is 11.0. The first-order valence-electron chi connectivity index (χ1n) is 3.90. The molecule has 1 rings (SSSR count). The van der Waals surface area contributed by atoms with Gasteiger partial charge in [-0.15, -0.1) is 0 Å². The Morgan fingerprint density at radius 3 is 2.64 bits per heavy atom. The van der Waals surface area contributed by atoms with E-state index >= 15 is 0 Å². The Hall–Kier alpha value is -2.15. The second-order valence-corrected chi connectivity index (χ2v) is 2.87. The van der Waals surface area contributed by atoms with Gasteiger partial charge in [0.2, 0.25) is 5.91 Å². The zero-order valence-electron chi connectivity index (χ0n) is 7.57. The number of nitrogens with two attached hydrogens (primary N) is 1. The highest BCUT2D eigenvalue weighted by Crippen LogP contribution is 2.14. The third-order valence-electron chi connectivity index (χ3n) is 1.82. The van der Waals surface area contributed by atoms with E-state index in [1.54, 1.807) is 13.0 Å². The number of carbonyl (C=O) groups is 2. The number of carbonyl (C=O) groups excluding carboxylic acids is 2. The number of nitrogens with zero attached hydrogens (tertiary/aromatic N) is 1. The minimum atomic E-state index is -0.701. The van der Waals surface area contributed by atoms with E-state index < -0.39 is 5.91 Å². The molecule has 0 aromatic heterocycles. The fraction of sp³-hybridized carbons (Fsp3) is 0.100. The van der Waals surface area contributed by atoms with Crippen LogP contribution < -0.4 is 5.73 Å². The van der Waals surface area contributed by atoms with Crippen LogP contribution in [-0.4, -0.2) is 12.2 Å². The molecule has 4 nitrogen and oxygen atoms in total. The van der Waals surface area contributed by atoms with Crippen LogP contribution in [0.5, 0.6) is 0 Å². The van der Waals surface area contributed by atoms with Crippen molar-refractivity contribution in [1.29, 1.82) is 5.26 Å². The van der Waals surface area contributed by atoms with Crippen molar-refractivity contribution in [2.24, 2.45) is 5.73 Å². The molecule has 1 amide bonds. The molecule has 0 heterocycles. The van der Waals surface area contributed by atoms with Gasteiger partial charge in [-0.3, -0.25) is 9.59 Å². The molecule has 1 aromatic rings. The summed E-state index contributed by atoms with van der Waals surface area (Å²) in [7, 11) is 0. The highest BCUT2D eigenvalue weighted by atomic mass is 16.1. The lowest BCUT2D eigenvalue weighted by Gasteiger charge is -2.03. The van der Waals surface area contributed by atoms with Crippen molar-refractivity contribution in [1.82, 2.24) is 0 Å². The van der Waals surface area contributed by atoms with Gasteiger partial charge >= 0.3 is 0 Å². The Kier molecular flexibility index (Phi) is 2.63. The number of primary amides is 1. The highest BCUT2D eigenvalue weighted by molar-refractivity contribution is 5.98. The van der Waals surface area contributed by atoms with Gasteiger partial charge in [-0.25, -0.2) is 0 Å². The fourth-order valence-corrected chi connectivity index (χ4v) is 1.23. The van der Waals surface area contributed by atoms with Crippen LogP contribution in [0.15, 0.2) is 12.1 Å². The van der Waals surface area contributed by atoms with Crippen LogP contribution in [0.2, 0.25) is 0 Å². The van der Waals surface area contributed by atoms with Crippen molar-refractivity contribution in [3.63, 3.8) is 0 Å². The molecule has 0 bridgehead atoms. The smallest absolute Gasteiger partial charge is 0.250 e. The predicted molar refractivity (Wildman–Crippen MR) is 49.8 cm³/mol. The van der Waals surface area contributed by atoms with Gasteiger partial charge in [0.05, 0.1) is 11.1 Å². The molecule has 0 aliphatic rings. The van der Waals surface area contributed by atoms with Gasteiger partial charge in [0, 0.05) is 5.56 Å². The number of rotatable bonds is 2. The van der Waals surface area contributed by atoms with Gasteiger partial charge in [-0.2, -0.15) is 5.26 Å². The summed E-state index contributed by atoms with van der Waals surface area (Å²) in [5, 5.41) is 8.75. The number of aldehydes is 1. The Morgan fingerprint density at radius 1 is 1.57 bits per heavy atom. The second-order valence-electron chi connectivity index (χ2n) is 2.87. The summed E-state index contributed by atoms with van der Waals surface area (Å²) in [6, 6.07) is 4.83. The quantitative estimate of drug-likeness (QED) is 0.696. The molecule has 0 fully saturated rings. The van der Waals surface area contributed by atoms with E-state index in [4.69, 9.17) is 11.0 Å². The molecular weight excluding hydrogens is 180 g/mol. The molecule has 0 spiro atoms. The van der Waals surface area contributed by atoms with Crippen molar-refractivity contribution < 1.29 is 9.59 Å². The standard InChI is InChI=1S/C10H8N2O2/c1-6-2-7(5-13)9(4-11)8(3-6)10(12)14/h2-3,5H,1H3,(H2,12,14). The van der Waals surface area contributed by atoms with E-state index in [0.717, 1.165) is 5.56 Å². The average molecular weight is 188 g/mol. The molecular formula is C10H8N2O2. The van der Waals surface area contributed by atoms with Crippen molar-refractivity contribution in [2.45, 2.75) is 6.92 Å². The number of benzene rings is 1. The first kappa shape index (κ1) is 9.93. The normalized spacial score (nSPS) is 9.14. The summed E-state index contributed by atoms with van der Waals surface area (Å²) in [6.45, 7) is 1.72. The zero-order chi connectivity index (χ0) is 10.7. The Labute approximate surface area is 80.9 Å². The minimum absolute atomic E-state index is 0.0399. The molecule has 0 aliphatic carbocycles. The first-order chi connectivity index (χ1) is 6.60. The SMILES string of the molecule is Cc1cc(C=O)c(C#N)c(C(N)=O)c1. The van der Waals surface area contributed by atoms with Crippen LogP contribution in [0.4, 0.5) is 0 Å². The van der Waals surface area contributed by atoms with E-state index in [9.17, 15) is 9.59 Å². The molecule has 0 atom stereocenters. The first-order valence-corrected chi connectivity index (χ1v) is 3.90. The molecule has 70 valence electrons. The van der Waals surface area contributed by atoms with Crippen molar-refractivity contribution in [2.75, 3.05) is 0 Å². The van der Waals surface area contributed by atoms with Gasteiger partial charge in [0.15, 0.2) is 6.29 Å². The van der Waals surface area contributed by atoms with E-state index in [2.05, 4.69) is 0 Å². The molecule has 14 heavy (non-hydrogen) atoms. The number of nitriles is 1. The summed E-state index contributed by atoms with van der Waals surface area (Å²) in [6.07, 6.45) is 0.540. The van der Waals surface area contributed by atoms with Crippen LogP contribution in [0.25, 0.3) is 0 Å². The third-order valence-corrected chi connectivity index (χ3v) is 1.82. The molecule has 4 heteroatoms. The zero-order valence-corrected chi connectivity index (χ0v) is 7.57. The van der Waals surface area contributed by atoms with Crippen LogP contribution in [0, 0.1) is 18.3 Å². The highest BCUT2D eigenvalue weighted by Gasteiger charge is 2.12. The van der Waals surface area contributed by atoms with E-state index in [0.29, 0.717) is 6.29 Å². The summed E-state index contributed by atoms with van der Waals surface area (Å²) in [5.41, 5.74) is 6.13. The van der Waals surface area contributed by atoms with Crippen LogP contribution in [0.1, 0.15) is 31.8 Å². The largest absolute Gasteiger partial charge is 0.366 e. The summed E-state index contributed by atoms with van der Waals surface area (Å²) in [4.78, 5) is 21.6. The third kappa shape index (κ3) is 1.62. The average Bonchev–Trinajstić information content (AvgIpc) is 2.16. The summed E-state index contributed by atoms with van der Waals surface area (Å²) < 4.78 is 0. The van der Waals surface area contributed by atoms with E-state index in [-0.39, 0.29) is 16.7 Å². The van der Waals surface area contributed by atoms with Gasteiger partial charge < -0.3 is 5.73 Å². The molecule has 0 unspecified atom stereocenters. The predicted octanol–water partition coefficient (Wildman–Crippen LogP) is 0.778. The molecule has 0 aliphatic heterocycles. The fourth-order valence-electron chi connectivity index (χ4n) is 1.23. The number of hydrogen-bond donors (Lipinski definition) is 1. The molecule has 0 saturated heterocycles. The number of aryl methyl sites for hydroxylation is 1. The van der Waals surface area contributed by atoms with Gasteiger partial charge in [0.25, 0.3) is 0 Å². The summed E-state index contributed by atoms with van der Waals surface area (Å²) >= 11 is 0. The second kappa shape index (κ2) is 3.71. The lowest BCUT2D eigenvalue weighted by atomic mass is 9.99. The topological polar surface area (TPSA) is 83.9 Å². The Bertz CT molecular complexity index is 444. The molecule has 0 radical (unpaired) electrons. The van der Waals surface area contributed by atoms with Gasteiger partial charge in [-0.05, 0) is 24.6 Å². The van der Waals surface area contributed by atoms with Gasteiger partial charge in [-0.1, -0.05) is 0 Å². The van der Waals surface area contributed by atoms with E-state index in [1.165, 1.54) is 12.1 Å². The van der Waals surface area contributed by atoms with Crippen LogP contribution in [0.3, 0.4) is 0 Å². The van der Waals surface area contributed by atoms with E-state index in [1.807, 2.05) is 0 Å². The van der Waals surface area contributed by atoms with Crippen LogP contribution >= 0.6 is 0 Å². The monoisotopic (exact) mass is 188 g/mol. The number of hydrogen-bond acceptors (Lipinski definition) is 3. The van der Waals surface area contributed by atoms with Crippen LogP contribution in [-0.2, 0) is 0 Å². The van der Waals surface area contributed by atoms with Crippen molar-refractivity contribution in [3.8, 4) is 6.07 Å². The maximum Gasteiger partial charge on any atom is 0.250 e. The molecule has 0 saturated carbocycles. The lowest BCUT2D eigenvalue weighted by Crippen LogP contribution is -2.14. The Balaban J connectivity index is 3.57. The molecule has 2 N–H and O–H groups in total. The minimum Gasteiger partial charge on any atom is -0.366 e. The van der Waals surface area contributed by atoms with Gasteiger partial charge in [0.1, 0.15) is 6.07 Å². The lowest BCUT2D eigenvalue weighted by molar-refractivity contribution is 0.1000. The number of amides is 1. The van der Waals surface area contributed by atoms with Crippen molar-refractivity contribution in [3.05, 3.63) is 34.4 Å². The molecule has 1 aromatic carbocycles. The Morgan fingerprint density at radius 2 is 2.21 bits per heavy atom.